The van der Waals surface area contributed by atoms with E-state index in [4.69, 9.17) is 0 Å². The van der Waals surface area contributed by atoms with E-state index in [1.165, 1.54) is 11.3 Å². The molecule has 1 aliphatic heterocycles. The molecule has 1 fully saturated rings. The van der Waals surface area contributed by atoms with Crippen LogP contribution in [0.5, 0.6) is 0 Å². The van der Waals surface area contributed by atoms with Gasteiger partial charge in [-0.05, 0) is 35.7 Å². The Labute approximate surface area is 143 Å². The van der Waals surface area contributed by atoms with Gasteiger partial charge in [-0.3, -0.25) is 4.79 Å². The van der Waals surface area contributed by atoms with E-state index in [0.29, 0.717) is 0 Å². The maximum Gasteiger partial charge on any atom is 0.253 e. The minimum atomic E-state index is 0.132. The van der Waals surface area contributed by atoms with E-state index < -0.39 is 0 Å². The van der Waals surface area contributed by atoms with Crippen LogP contribution in [0.2, 0.25) is 0 Å². The summed E-state index contributed by atoms with van der Waals surface area (Å²) in [5.41, 5.74) is 4.38. The summed E-state index contributed by atoms with van der Waals surface area (Å²) >= 11 is 0. The van der Waals surface area contributed by atoms with Gasteiger partial charge in [-0.25, -0.2) is 0 Å². The first-order chi connectivity index (χ1) is 11.8. The number of benzene rings is 2. The van der Waals surface area contributed by atoms with Crippen molar-refractivity contribution >= 4 is 11.6 Å². The van der Waals surface area contributed by atoms with Crippen molar-refractivity contribution < 1.29 is 4.79 Å². The largest absolute Gasteiger partial charge is 0.381 e. The number of hydrogen-bond donors (Lipinski definition) is 2. The van der Waals surface area contributed by atoms with Crippen LogP contribution in [0.25, 0.3) is 0 Å². The molecule has 2 N–H and O–H groups in total. The average molecular weight is 323 g/mol. The molecule has 2 aromatic rings. The maximum absolute atomic E-state index is 12.6. The molecule has 0 atom stereocenters. The molecular weight excluding hydrogens is 298 g/mol. The summed E-state index contributed by atoms with van der Waals surface area (Å²) < 4.78 is 0. The van der Waals surface area contributed by atoms with Crippen molar-refractivity contribution in [2.75, 3.05) is 31.5 Å². The predicted molar refractivity (Wildman–Crippen MR) is 98.4 cm³/mol. The van der Waals surface area contributed by atoms with Crippen LogP contribution in [-0.2, 0) is 13.0 Å². The summed E-state index contributed by atoms with van der Waals surface area (Å²) in [6.45, 7) is 6.20. The van der Waals surface area contributed by atoms with E-state index in [2.05, 4.69) is 41.8 Å². The number of hydrogen-bond acceptors (Lipinski definition) is 3. The molecule has 1 heterocycles. The molecule has 3 rings (SSSR count). The summed E-state index contributed by atoms with van der Waals surface area (Å²) in [6, 6.07) is 16.3. The van der Waals surface area contributed by atoms with E-state index in [1.807, 2.05) is 29.2 Å². The fraction of sp³-hybridized carbons (Fsp3) is 0.350. The summed E-state index contributed by atoms with van der Waals surface area (Å²) in [7, 11) is 0. The normalized spacial score (nSPS) is 14.5. The molecule has 0 saturated carbocycles. The summed E-state index contributed by atoms with van der Waals surface area (Å²) in [5.74, 6) is 0.132. The zero-order valence-electron chi connectivity index (χ0n) is 14.2. The standard InChI is InChI=1S/C20H25N3O/c1-2-17-7-3-4-9-19(17)22-15-16-6-5-8-18(14-16)20(24)23-12-10-21-11-13-23/h3-9,14,21-22H,2,10-13,15H2,1H3. The van der Waals surface area contributed by atoms with Gasteiger partial charge in [0.05, 0.1) is 0 Å². The van der Waals surface area contributed by atoms with Crippen LogP contribution in [0, 0.1) is 0 Å². The van der Waals surface area contributed by atoms with Crippen LogP contribution in [0.15, 0.2) is 48.5 Å². The Morgan fingerprint density at radius 2 is 1.92 bits per heavy atom. The number of para-hydroxylation sites is 1. The molecule has 0 unspecified atom stereocenters. The highest BCUT2D eigenvalue weighted by molar-refractivity contribution is 5.94. The number of nitrogens with zero attached hydrogens (tertiary/aromatic N) is 1. The number of nitrogens with one attached hydrogen (secondary N) is 2. The Morgan fingerprint density at radius 1 is 1.12 bits per heavy atom. The fourth-order valence-corrected chi connectivity index (χ4v) is 3.06. The molecule has 24 heavy (non-hydrogen) atoms. The second-order valence-electron chi connectivity index (χ2n) is 6.11. The lowest BCUT2D eigenvalue weighted by atomic mass is 10.1. The molecule has 1 amide bonds. The van der Waals surface area contributed by atoms with Gasteiger partial charge >= 0.3 is 0 Å². The lowest BCUT2D eigenvalue weighted by molar-refractivity contribution is 0.0735. The Morgan fingerprint density at radius 3 is 2.71 bits per heavy atom. The Kier molecular flexibility index (Phi) is 5.49. The lowest BCUT2D eigenvalue weighted by Gasteiger charge is -2.27. The molecule has 2 aromatic carbocycles. The quantitative estimate of drug-likeness (QED) is 0.889. The molecule has 1 saturated heterocycles. The SMILES string of the molecule is CCc1ccccc1NCc1cccc(C(=O)N2CCNCC2)c1. The van der Waals surface area contributed by atoms with Gasteiger partial charge in [-0.15, -0.1) is 0 Å². The molecule has 0 aliphatic carbocycles. The van der Waals surface area contributed by atoms with Gasteiger partial charge in [0.25, 0.3) is 5.91 Å². The van der Waals surface area contributed by atoms with E-state index in [-0.39, 0.29) is 5.91 Å². The van der Waals surface area contributed by atoms with Gasteiger partial charge in [-0.1, -0.05) is 37.3 Å². The number of aryl methyl sites for hydroxylation is 1. The van der Waals surface area contributed by atoms with Gasteiger partial charge in [-0.2, -0.15) is 0 Å². The third-order valence-corrected chi connectivity index (χ3v) is 4.46. The van der Waals surface area contributed by atoms with E-state index in [1.54, 1.807) is 0 Å². The molecule has 4 nitrogen and oxygen atoms in total. The Bertz CT molecular complexity index is 693. The van der Waals surface area contributed by atoms with Crippen LogP contribution < -0.4 is 10.6 Å². The summed E-state index contributed by atoms with van der Waals surface area (Å²) in [5, 5.41) is 6.77. The highest BCUT2D eigenvalue weighted by Crippen LogP contribution is 2.17. The van der Waals surface area contributed by atoms with Crippen LogP contribution >= 0.6 is 0 Å². The fourth-order valence-electron chi connectivity index (χ4n) is 3.06. The number of rotatable bonds is 5. The molecular formula is C20H25N3O. The highest BCUT2D eigenvalue weighted by Gasteiger charge is 2.17. The van der Waals surface area contributed by atoms with E-state index >= 15 is 0 Å². The van der Waals surface area contributed by atoms with E-state index in [9.17, 15) is 4.79 Å². The van der Waals surface area contributed by atoms with Crippen molar-refractivity contribution in [2.24, 2.45) is 0 Å². The topological polar surface area (TPSA) is 44.4 Å². The van der Waals surface area contributed by atoms with Crippen molar-refractivity contribution in [3.63, 3.8) is 0 Å². The molecule has 0 radical (unpaired) electrons. The number of carbonyl (C=O) groups excluding carboxylic acids is 1. The summed E-state index contributed by atoms with van der Waals surface area (Å²) in [4.78, 5) is 14.5. The molecule has 1 aliphatic rings. The van der Waals surface area contributed by atoms with E-state index in [0.717, 1.165) is 50.3 Å². The first kappa shape index (κ1) is 16.5. The van der Waals surface area contributed by atoms with Gasteiger partial charge < -0.3 is 15.5 Å². The zero-order valence-corrected chi connectivity index (χ0v) is 14.2. The van der Waals surface area contributed by atoms with Crippen LogP contribution in [0.1, 0.15) is 28.4 Å². The second kappa shape index (κ2) is 7.97. The average Bonchev–Trinajstić information content (AvgIpc) is 2.67. The van der Waals surface area contributed by atoms with Crippen molar-refractivity contribution in [2.45, 2.75) is 19.9 Å². The molecule has 126 valence electrons. The minimum absolute atomic E-state index is 0.132. The molecule has 0 aromatic heterocycles. The highest BCUT2D eigenvalue weighted by atomic mass is 16.2. The monoisotopic (exact) mass is 323 g/mol. The van der Waals surface area contributed by atoms with Gasteiger partial charge in [0.1, 0.15) is 0 Å². The van der Waals surface area contributed by atoms with Crippen LogP contribution in [0.3, 0.4) is 0 Å². The minimum Gasteiger partial charge on any atom is -0.381 e. The lowest BCUT2D eigenvalue weighted by Crippen LogP contribution is -2.46. The van der Waals surface area contributed by atoms with Crippen molar-refractivity contribution in [3.05, 3.63) is 65.2 Å². The number of amides is 1. The smallest absolute Gasteiger partial charge is 0.253 e. The summed E-state index contributed by atoms with van der Waals surface area (Å²) in [6.07, 6.45) is 1.00. The van der Waals surface area contributed by atoms with Gasteiger partial charge in [0.2, 0.25) is 0 Å². The number of carbonyl (C=O) groups is 1. The molecule has 4 heteroatoms. The van der Waals surface area contributed by atoms with Gasteiger partial charge in [0, 0.05) is 44.0 Å². The maximum atomic E-state index is 12.6. The second-order valence-corrected chi connectivity index (χ2v) is 6.11. The van der Waals surface area contributed by atoms with Gasteiger partial charge in [0.15, 0.2) is 0 Å². The third-order valence-electron chi connectivity index (χ3n) is 4.46. The first-order valence-corrected chi connectivity index (χ1v) is 8.68. The van der Waals surface area contributed by atoms with Crippen molar-refractivity contribution in [1.82, 2.24) is 10.2 Å². The Hall–Kier alpha value is -2.33. The van der Waals surface area contributed by atoms with Crippen LogP contribution in [0.4, 0.5) is 5.69 Å². The Balaban J connectivity index is 1.67. The molecule has 0 spiro atoms. The number of anilines is 1. The molecule has 0 bridgehead atoms. The third kappa shape index (κ3) is 3.95. The van der Waals surface area contributed by atoms with Crippen molar-refractivity contribution in [1.29, 1.82) is 0 Å². The van der Waals surface area contributed by atoms with Crippen LogP contribution in [-0.4, -0.2) is 37.0 Å². The van der Waals surface area contributed by atoms with Crippen molar-refractivity contribution in [3.8, 4) is 0 Å². The first-order valence-electron chi connectivity index (χ1n) is 8.68. The predicted octanol–water partition coefficient (Wildman–Crippen LogP) is 2.91. The number of piperazine rings is 1. The zero-order chi connectivity index (χ0) is 16.8.